The van der Waals surface area contributed by atoms with Crippen molar-refractivity contribution >= 4 is 22.4 Å². The number of nitrogens with one attached hydrogen (secondary N) is 1. The van der Waals surface area contributed by atoms with Crippen LogP contribution in [0.3, 0.4) is 0 Å². The molecule has 0 aromatic carbocycles. The molecule has 8 heteroatoms. The van der Waals surface area contributed by atoms with Crippen LogP contribution in [0.4, 0.5) is 5.13 Å². The van der Waals surface area contributed by atoms with Crippen molar-refractivity contribution in [2.24, 2.45) is 46.3 Å². The number of hydrogen-bond acceptors (Lipinski definition) is 7. The topological polar surface area (TPSA) is 116 Å². The van der Waals surface area contributed by atoms with Crippen LogP contribution in [-0.4, -0.2) is 49.7 Å². The van der Waals surface area contributed by atoms with Gasteiger partial charge in [0.15, 0.2) is 0 Å². The Morgan fingerprint density at radius 2 is 1.97 bits per heavy atom. The quantitative estimate of drug-likeness (QED) is 0.497. The van der Waals surface area contributed by atoms with Crippen LogP contribution < -0.4 is 5.32 Å². The number of aliphatic hydroxyl groups is 3. The average Bonchev–Trinajstić information content (AvgIpc) is 3.42. The molecule has 1 aromatic heterocycles. The maximum atomic E-state index is 12.4. The molecule has 11 atom stereocenters. The highest BCUT2D eigenvalue weighted by molar-refractivity contribution is 7.13. The summed E-state index contributed by atoms with van der Waals surface area (Å²) in [5.41, 5.74) is 1.47. The second-order valence-corrected chi connectivity index (χ2v) is 13.2. The van der Waals surface area contributed by atoms with Crippen molar-refractivity contribution in [1.82, 2.24) is 10.2 Å². The lowest BCUT2D eigenvalue weighted by Gasteiger charge is -2.63. The molecule has 190 valence electrons. The Balaban J connectivity index is 1.30. The van der Waals surface area contributed by atoms with Crippen LogP contribution in [0.15, 0.2) is 5.51 Å². The number of hydrogen-bond donors (Lipinski definition) is 4. The van der Waals surface area contributed by atoms with E-state index in [0.717, 1.165) is 51.4 Å². The molecule has 4 aliphatic carbocycles. The Kier molecular flexibility index (Phi) is 6.58. The molecule has 11 unspecified atom stereocenters. The summed E-state index contributed by atoms with van der Waals surface area (Å²) in [6, 6.07) is 0. The van der Waals surface area contributed by atoms with Gasteiger partial charge in [-0.1, -0.05) is 32.1 Å². The summed E-state index contributed by atoms with van der Waals surface area (Å²) in [7, 11) is 0. The van der Waals surface area contributed by atoms with Gasteiger partial charge in [0.2, 0.25) is 11.0 Å². The van der Waals surface area contributed by atoms with Gasteiger partial charge >= 0.3 is 0 Å². The zero-order valence-electron chi connectivity index (χ0n) is 20.7. The van der Waals surface area contributed by atoms with Gasteiger partial charge in [-0.3, -0.25) is 4.79 Å². The van der Waals surface area contributed by atoms with E-state index in [1.165, 1.54) is 11.3 Å². The van der Waals surface area contributed by atoms with Gasteiger partial charge in [-0.2, -0.15) is 0 Å². The minimum atomic E-state index is -0.390. The zero-order valence-corrected chi connectivity index (χ0v) is 21.5. The molecule has 1 amide bonds. The van der Waals surface area contributed by atoms with Gasteiger partial charge in [0.25, 0.3) is 0 Å². The van der Waals surface area contributed by atoms with E-state index >= 15 is 0 Å². The van der Waals surface area contributed by atoms with Gasteiger partial charge in [-0.05, 0) is 97.7 Å². The molecule has 4 saturated carbocycles. The predicted molar refractivity (Wildman–Crippen MR) is 131 cm³/mol. The summed E-state index contributed by atoms with van der Waals surface area (Å²) in [5, 5.41) is 44.3. The van der Waals surface area contributed by atoms with Crippen molar-refractivity contribution in [3.05, 3.63) is 5.51 Å². The number of rotatable bonds is 5. The molecular weight excluding hydrogens is 450 g/mol. The van der Waals surface area contributed by atoms with Crippen molar-refractivity contribution < 1.29 is 20.1 Å². The van der Waals surface area contributed by atoms with E-state index < -0.39 is 6.10 Å². The molecule has 1 aromatic rings. The monoisotopic (exact) mass is 491 g/mol. The SMILES string of the molecule is CC(CCC(=O)Nc1nncs1)C1CCC2C3C(O)CC4CC(O)CCC4(C)C3CC(O)C12C. The molecule has 5 rings (SSSR count). The smallest absolute Gasteiger partial charge is 0.226 e. The lowest BCUT2D eigenvalue weighted by atomic mass is 9.43. The molecular formula is C26H41N3O4S. The number of carbonyl (C=O) groups is 1. The van der Waals surface area contributed by atoms with Gasteiger partial charge < -0.3 is 20.6 Å². The van der Waals surface area contributed by atoms with Crippen LogP contribution in [0.5, 0.6) is 0 Å². The van der Waals surface area contributed by atoms with Crippen LogP contribution in [0.1, 0.15) is 78.6 Å². The third-order valence-corrected chi connectivity index (χ3v) is 11.6. The molecule has 0 bridgehead atoms. The fourth-order valence-corrected chi connectivity index (χ4v) is 9.56. The second kappa shape index (κ2) is 9.09. The maximum absolute atomic E-state index is 12.4. The van der Waals surface area contributed by atoms with Gasteiger partial charge in [-0.15, -0.1) is 10.2 Å². The number of nitrogens with zero attached hydrogens (tertiary/aromatic N) is 2. The molecule has 4 N–H and O–H groups in total. The van der Waals surface area contributed by atoms with Gasteiger partial charge in [0.1, 0.15) is 5.51 Å². The molecule has 7 nitrogen and oxygen atoms in total. The van der Waals surface area contributed by atoms with Gasteiger partial charge in [-0.25, -0.2) is 0 Å². The summed E-state index contributed by atoms with van der Waals surface area (Å²) in [6.45, 7) is 6.86. The Morgan fingerprint density at radius 3 is 2.71 bits per heavy atom. The van der Waals surface area contributed by atoms with Crippen LogP contribution in [-0.2, 0) is 4.79 Å². The fourth-order valence-electron chi connectivity index (χ4n) is 9.10. The lowest BCUT2D eigenvalue weighted by Crippen LogP contribution is -2.62. The first-order chi connectivity index (χ1) is 16.1. The largest absolute Gasteiger partial charge is 0.393 e. The second-order valence-electron chi connectivity index (χ2n) is 12.3. The van der Waals surface area contributed by atoms with Gasteiger partial charge in [0.05, 0.1) is 18.3 Å². The number of amides is 1. The Hall–Kier alpha value is -1.09. The average molecular weight is 492 g/mol. The van der Waals surface area contributed by atoms with E-state index in [2.05, 4.69) is 36.3 Å². The summed E-state index contributed by atoms with van der Waals surface area (Å²) in [6.07, 6.45) is 6.46. The van der Waals surface area contributed by atoms with E-state index in [0.29, 0.717) is 41.1 Å². The van der Waals surface area contributed by atoms with Crippen molar-refractivity contribution in [2.45, 2.75) is 96.9 Å². The summed E-state index contributed by atoms with van der Waals surface area (Å²) in [4.78, 5) is 12.4. The predicted octanol–water partition coefficient (Wildman–Crippen LogP) is 3.85. The lowest BCUT2D eigenvalue weighted by molar-refractivity contribution is -0.207. The van der Waals surface area contributed by atoms with E-state index in [1.807, 2.05) is 0 Å². The molecule has 34 heavy (non-hydrogen) atoms. The van der Waals surface area contributed by atoms with Gasteiger partial charge in [0, 0.05) is 6.42 Å². The Bertz CT molecular complexity index is 883. The van der Waals surface area contributed by atoms with Crippen LogP contribution in [0.25, 0.3) is 0 Å². The Morgan fingerprint density at radius 1 is 1.18 bits per heavy atom. The fraction of sp³-hybridized carbons (Fsp3) is 0.885. The van der Waals surface area contributed by atoms with Crippen LogP contribution in [0, 0.1) is 46.3 Å². The standard InChI is InChI=1S/C26H41N3O4S/c1-14(4-7-22(33)28-24-29-27-13-34-24)17-5-6-18-23-19(12-21(32)26(17,18)3)25(2)9-8-16(30)10-15(25)11-20(23)31/h13-21,23,30-32H,4-12H2,1-3H3,(H,28,29,33). The van der Waals surface area contributed by atoms with Crippen LogP contribution in [0.2, 0.25) is 0 Å². The minimum Gasteiger partial charge on any atom is -0.393 e. The highest BCUT2D eigenvalue weighted by Gasteiger charge is 2.65. The number of aliphatic hydroxyl groups excluding tert-OH is 3. The first-order valence-electron chi connectivity index (χ1n) is 13.2. The van der Waals surface area contributed by atoms with E-state index in [-0.39, 0.29) is 34.9 Å². The minimum absolute atomic E-state index is 0.0336. The van der Waals surface area contributed by atoms with E-state index in [1.54, 1.807) is 5.51 Å². The number of fused-ring (bicyclic) bond motifs is 5. The van der Waals surface area contributed by atoms with Crippen LogP contribution >= 0.6 is 11.3 Å². The summed E-state index contributed by atoms with van der Waals surface area (Å²) < 4.78 is 0. The third kappa shape index (κ3) is 3.93. The normalized spacial score (nSPS) is 46.8. The molecule has 1 heterocycles. The van der Waals surface area contributed by atoms with Crippen molar-refractivity contribution in [1.29, 1.82) is 0 Å². The zero-order chi connectivity index (χ0) is 24.3. The Labute approximate surface area is 206 Å². The number of carbonyl (C=O) groups excluding carboxylic acids is 1. The molecule has 4 aliphatic rings. The molecule has 0 aliphatic heterocycles. The molecule has 0 radical (unpaired) electrons. The third-order valence-electron chi connectivity index (χ3n) is 11.0. The van der Waals surface area contributed by atoms with Crippen molar-refractivity contribution in [2.75, 3.05) is 5.32 Å². The number of anilines is 1. The maximum Gasteiger partial charge on any atom is 0.226 e. The van der Waals surface area contributed by atoms with E-state index in [9.17, 15) is 20.1 Å². The highest BCUT2D eigenvalue weighted by atomic mass is 32.1. The molecule has 4 fully saturated rings. The molecule has 0 spiro atoms. The molecule has 0 saturated heterocycles. The van der Waals surface area contributed by atoms with E-state index in [4.69, 9.17) is 0 Å². The first kappa shape index (κ1) is 24.6. The number of aromatic nitrogens is 2. The van der Waals surface area contributed by atoms with Crippen molar-refractivity contribution in [3.8, 4) is 0 Å². The first-order valence-corrected chi connectivity index (χ1v) is 14.1. The summed E-state index contributed by atoms with van der Waals surface area (Å²) >= 11 is 1.32. The summed E-state index contributed by atoms with van der Waals surface area (Å²) in [5.74, 6) is 1.81. The van der Waals surface area contributed by atoms with Crippen molar-refractivity contribution in [3.63, 3.8) is 0 Å². The highest BCUT2D eigenvalue weighted by Crippen LogP contribution is 2.68.